The molecule has 2 atom stereocenters. The van der Waals surface area contributed by atoms with E-state index in [1.807, 2.05) is 0 Å². The van der Waals surface area contributed by atoms with Crippen molar-refractivity contribution in [1.29, 1.82) is 0 Å². The number of carboxylic acid groups (broad SMARTS) is 1. The van der Waals surface area contributed by atoms with Crippen molar-refractivity contribution in [3.8, 4) is 5.75 Å². The quantitative estimate of drug-likeness (QED) is 0.287. The fourth-order valence-corrected chi connectivity index (χ4v) is 4.86. The first kappa shape index (κ1) is 26.7. The number of aliphatic carboxylic acids is 1. The number of sulfone groups is 1. The van der Waals surface area contributed by atoms with Gasteiger partial charge in [-0.05, 0) is 66.1 Å². The Morgan fingerprint density at radius 1 is 1.00 bits per heavy atom. The summed E-state index contributed by atoms with van der Waals surface area (Å²) < 4.78 is 30.9. The second kappa shape index (κ2) is 12.1. The summed E-state index contributed by atoms with van der Waals surface area (Å²) in [4.78, 5) is 10.7. The molecule has 0 aliphatic carbocycles. The van der Waals surface area contributed by atoms with Gasteiger partial charge in [0.2, 0.25) is 9.84 Å². The SMILES string of the molecule is O=C(O)COc1ccc(S(=O)(=O)c2ccc(C[C@@H](CO)NC[C@@H](O)c3cccc(Cl)c3)cc2)cc1. The molecular formula is C25H26ClNO7S. The Hall–Kier alpha value is -2.95. The van der Waals surface area contributed by atoms with Gasteiger partial charge in [-0.1, -0.05) is 35.9 Å². The second-order valence-corrected chi connectivity index (χ2v) is 10.2. The molecule has 10 heteroatoms. The van der Waals surface area contributed by atoms with E-state index in [2.05, 4.69) is 5.32 Å². The van der Waals surface area contributed by atoms with Crippen LogP contribution in [0.4, 0.5) is 0 Å². The van der Waals surface area contributed by atoms with Gasteiger partial charge >= 0.3 is 5.97 Å². The summed E-state index contributed by atoms with van der Waals surface area (Å²) in [6.07, 6.45) is -0.370. The van der Waals surface area contributed by atoms with Gasteiger partial charge in [-0.25, -0.2) is 13.2 Å². The molecule has 0 aliphatic heterocycles. The molecule has 8 nitrogen and oxygen atoms in total. The molecule has 0 aliphatic rings. The predicted octanol–water partition coefficient (Wildman–Crippen LogP) is 2.86. The molecule has 35 heavy (non-hydrogen) atoms. The summed E-state index contributed by atoms with van der Waals surface area (Å²) in [7, 11) is -3.77. The average Bonchev–Trinajstić information content (AvgIpc) is 2.85. The topological polar surface area (TPSA) is 133 Å². The maximum absolute atomic E-state index is 12.9. The Kier molecular flexibility index (Phi) is 9.25. The minimum Gasteiger partial charge on any atom is -0.482 e. The number of carboxylic acids is 1. The molecule has 0 saturated heterocycles. The van der Waals surface area contributed by atoms with Crippen LogP contribution < -0.4 is 10.1 Å². The Balaban J connectivity index is 1.61. The molecule has 0 saturated carbocycles. The van der Waals surface area contributed by atoms with Gasteiger partial charge in [0, 0.05) is 17.6 Å². The number of carbonyl (C=O) groups is 1. The fraction of sp³-hybridized carbons (Fsp3) is 0.240. The maximum Gasteiger partial charge on any atom is 0.341 e. The zero-order valence-electron chi connectivity index (χ0n) is 18.7. The molecule has 186 valence electrons. The number of rotatable bonds is 12. The number of nitrogens with one attached hydrogen (secondary N) is 1. The van der Waals surface area contributed by atoms with Gasteiger partial charge in [-0.2, -0.15) is 0 Å². The van der Waals surface area contributed by atoms with Crippen molar-refractivity contribution in [2.45, 2.75) is 28.4 Å². The molecule has 0 aromatic heterocycles. The third kappa shape index (κ3) is 7.51. The smallest absolute Gasteiger partial charge is 0.341 e. The Morgan fingerprint density at radius 3 is 2.20 bits per heavy atom. The Bertz CT molecular complexity index is 1230. The van der Waals surface area contributed by atoms with Gasteiger partial charge in [-0.3, -0.25) is 0 Å². The monoisotopic (exact) mass is 519 g/mol. The van der Waals surface area contributed by atoms with Crippen LogP contribution in [0.25, 0.3) is 0 Å². The first-order valence-corrected chi connectivity index (χ1v) is 12.6. The van der Waals surface area contributed by atoms with E-state index >= 15 is 0 Å². The molecule has 0 fully saturated rings. The van der Waals surface area contributed by atoms with Crippen molar-refractivity contribution >= 4 is 27.4 Å². The molecule has 0 radical (unpaired) electrons. The molecule has 3 aromatic carbocycles. The normalized spacial score (nSPS) is 13.2. The number of aliphatic hydroxyl groups excluding tert-OH is 2. The highest BCUT2D eigenvalue weighted by atomic mass is 35.5. The second-order valence-electron chi connectivity index (χ2n) is 7.86. The lowest BCUT2D eigenvalue weighted by molar-refractivity contribution is -0.139. The van der Waals surface area contributed by atoms with E-state index < -0.39 is 28.5 Å². The van der Waals surface area contributed by atoms with E-state index in [0.29, 0.717) is 17.0 Å². The average molecular weight is 520 g/mol. The standard InChI is InChI=1S/C25H26ClNO7S/c26-19-3-1-2-18(13-19)24(29)14-27-20(15-28)12-17-4-8-22(9-5-17)35(32,33)23-10-6-21(7-11-23)34-16-25(30)31/h1-11,13,20,24,27-29H,12,14-16H2,(H,30,31)/t20-,24+/m0/s1. The lowest BCUT2D eigenvalue weighted by atomic mass is 10.1. The van der Waals surface area contributed by atoms with Crippen molar-refractivity contribution in [1.82, 2.24) is 5.32 Å². The zero-order valence-corrected chi connectivity index (χ0v) is 20.2. The van der Waals surface area contributed by atoms with Crippen LogP contribution in [0.5, 0.6) is 5.75 Å². The van der Waals surface area contributed by atoms with Gasteiger partial charge in [0.25, 0.3) is 0 Å². The number of aliphatic hydroxyl groups is 2. The summed E-state index contributed by atoms with van der Waals surface area (Å²) in [5.74, 6) is -0.873. The van der Waals surface area contributed by atoms with Crippen LogP contribution in [0.15, 0.2) is 82.6 Å². The van der Waals surface area contributed by atoms with Crippen molar-refractivity contribution in [2.75, 3.05) is 19.8 Å². The van der Waals surface area contributed by atoms with E-state index in [-0.39, 0.29) is 34.7 Å². The van der Waals surface area contributed by atoms with Gasteiger partial charge in [0.1, 0.15) is 5.75 Å². The third-order valence-corrected chi connectivity index (χ3v) is 7.29. The number of ether oxygens (including phenoxy) is 1. The van der Waals surface area contributed by atoms with Crippen LogP contribution >= 0.6 is 11.6 Å². The van der Waals surface area contributed by atoms with Gasteiger partial charge in [-0.15, -0.1) is 0 Å². The van der Waals surface area contributed by atoms with Crippen LogP contribution in [-0.4, -0.2) is 55.5 Å². The minimum atomic E-state index is -3.77. The van der Waals surface area contributed by atoms with Crippen molar-refractivity contribution in [3.05, 3.63) is 88.9 Å². The Morgan fingerprint density at radius 2 is 1.63 bits per heavy atom. The van der Waals surface area contributed by atoms with Crippen LogP contribution in [-0.2, 0) is 21.1 Å². The van der Waals surface area contributed by atoms with Gasteiger partial charge in [0.05, 0.1) is 22.5 Å². The Labute approximate surface area is 208 Å². The number of hydrogen-bond acceptors (Lipinski definition) is 7. The largest absolute Gasteiger partial charge is 0.482 e. The zero-order chi connectivity index (χ0) is 25.4. The van der Waals surface area contributed by atoms with Crippen molar-refractivity contribution in [2.24, 2.45) is 0 Å². The van der Waals surface area contributed by atoms with Crippen LogP contribution in [0, 0.1) is 0 Å². The maximum atomic E-state index is 12.9. The molecule has 3 rings (SSSR count). The summed E-state index contributed by atoms with van der Waals surface area (Å²) in [6, 6.07) is 18.4. The first-order chi connectivity index (χ1) is 16.7. The van der Waals surface area contributed by atoms with Crippen LogP contribution in [0.2, 0.25) is 5.02 Å². The molecule has 0 amide bonds. The summed E-state index contributed by atoms with van der Waals surface area (Å²) >= 11 is 5.96. The highest BCUT2D eigenvalue weighted by Gasteiger charge is 2.19. The highest BCUT2D eigenvalue weighted by Crippen LogP contribution is 2.24. The first-order valence-electron chi connectivity index (χ1n) is 10.8. The lowest BCUT2D eigenvalue weighted by Crippen LogP contribution is -2.37. The van der Waals surface area contributed by atoms with Gasteiger partial charge < -0.3 is 25.4 Å². The number of benzene rings is 3. The summed E-state index contributed by atoms with van der Waals surface area (Å²) in [6.45, 7) is -0.473. The van der Waals surface area contributed by atoms with E-state index in [4.69, 9.17) is 21.4 Å². The number of hydrogen-bond donors (Lipinski definition) is 4. The lowest BCUT2D eigenvalue weighted by Gasteiger charge is -2.19. The number of halogens is 1. The van der Waals surface area contributed by atoms with E-state index in [1.54, 1.807) is 36.4 Å². The van der Waals surface area contributed by atoms with E-state index in [9.17, 15) is 23.4 Å². The highest BCUT2D eigenvalue weighted by molar-refractivity contribution is 7.91. The van der Waals surface area contributed by atoms with Crippen LogP contribution in [0.1, 0.15) is 17.2 Å². The molecule has 0 spiro atoms. The molecule has 4 N–H and O–H groups in total. The molecule has 3 aromatic rings. The third-order valence-electron chi connectivity index (χ3n) is 5.27. The molecular weight excluding hydrogens is 494 g/mol. The van der Waals surface area contributed by atoms with Crippen molar-refractivity contribution in [3.63, 3.8) is 0 Å². The predicted molar refractivity (Wildman–Crippen MR) is 130 cm³/mol. The molecule has 0 heterocycles. The van der Waals surface area contributed by atoms with E-state index in [0.717, 1.165) is 5.56 Å². The summed E-state index contributed by atoms with van der Waals surface area (Å²) in [5, 5.41) is 32.4. The molecule has 0 bridgehead atoms. The van der Waals surface area contributed by atoms with Crippen molar-refractivity contribution < 1.29 is 33.3 Å². The van der Waals surface area contributed by atoms with Crippen LogP contribution in [0.3, 0.4) is 0 Å². The fourth-order valence-electron chi connectivity index (χ4n) is 3.40. The minimum absolute atomic E-state index is 0.0535. The molecule has 0 unspecified atom stereocenters. The van der Waals surface area contributed by atoms with E-state index in [1.165, 1.54) is 36.4 Å². The summed E-state index contributed by atoms with van der Waals surface area (Å²) in [5.41, 5.74) is 1.47. The van der Waals surface area contributed by atoms with Gasteiger partial charge in [0.15, 0.2) is 6.61 Å².